The van der Waals surface area contributed by atoms with Gasteiger partial charge in [-0.25, -0.2) is 13.6 Å². The lowest BCUT2D eigenvalue weighted by molar-refractivity contribution is 0.0692. The van der Waals surface area contributed by atoms with E-state index in [1.54, 1.807) is 0 Å². The topological polar surface area (TPSA) is 52.6 Å². The van der Waals surface area contributed by atoms with Crippen LogP contribution in [0, 0.1) is 11.6 Å². The maximum atomic E-state index is 13.7. The number of aromatic carboxylic acids is 1. The van der Waals surface area contributed by atoms with Crippen molar-refractivity contribution in [3.63, 3.8) is 0 Å². The number of hydrogen-bond donors (Lipinski definition) is 2. The van der Waals surface area contributed by atoms with Gasteiger partial charge in [-0.3, -0.25) is 0 Å². The Morgan fingerprint density at radius 2 is 2.05 bits per heavy atom. The molecular weight excluding hydrogens is 266 g/mol. The second kappa shape index (κ2) is 6.17. The minimum absolute atomic E-state index is 0.0540. The lowest BCUT2D eigenvalue weighted by Gasteiger charge is -2.19. The van der Waals surface area contributed by atoms with Crippen molar-refractivity contribution in [1.82, 2.24) is 4.90 Å². The Morgan fingerprint density at radius 1 is 1.30 bits per heavy atom. The van der Waals surface area contributed by atoms with Crippen molar-refractivity contribution in [2.24, 2.45) is 0 Å². The van der Waals surface area contributed by atoms with Crippen molar-refractivity contribution in [2.75, 3.05) is 25.5 Å². The normalized spacial score (nSPS) is 20.4. The molecule has 2 rings (SSSR count). The van der Waals surface area contributed by atoms with Crippen LogP contribution in [0.25, 0.3) is 0 Å². The van der Waals surface area contributed by atoms with Crippen LogP contribution in [-0.2, 0) is 0 Å². The molecule has 1 aromatic carbocycles. The van der Waals surface area contributed by atoms with Crippen molar-refractivity contribution in [3.05, 3.63) is 29.3 Å². The Morgan fingerprint density at radius 3 is 2.75 bits per heavy atom. The van der Waals surface area contributed by atoms with E-state index in [4.69, 9.17) is 5.11 Å². The van der Waals surface area contributed by atoms with E-state index in [9.17, 15) is 13.6 Å². The van der Waals surface area contributed by atoms with Crippen molar-refractivity contribution in [2.45, 2.75) is 25.3 Å². The van der Waals surface area contributed by atoms with Gasteiger partial charge in [-0.05, 0) is 45.5 Å². The summed E-state index contributed by atoms with van der Waals surface area (Å²) in [6.07, 6.45) is 2.71. The van der Waals surface area contributed by atoms with Gasteiger partial charge in [0, 0.05) is 12.1 Å². The van der Waals surface area contributed by atoms with E-state index in [0.717, 1.165) is 38.4 Å². The maximum absolute atomic E-state index is 13.7. The van der Waals surface area contributed by atoms with E-state index in [0.29, 0.717) is 6.07 Å². The highest BCUT2D eigenvalue weighted by molar-refractivity contribution is 5.89. The molecule has 1 aliphatic rings. The molecule has 0 radical (unpaired) electrons. The second-order valence-corrected chi connectivity index (χ2v) is 5.19. The average molecular weight is 284 g/mol. The fourth-order valence-electron chi connectivity index (χ4n) is 2.43. The summed E-state index contributed by atoms with van der Waals surface area (Å²) < 4.78 is 27.0. The molecule has 0 saturated carbocycles. The van der Waals surface area contributed by atoms with Crippen molar-refractivity contribution in [3.8, 4) is 0 Å². The summed E-state index contributed by atoms with van der Waals surface area (Å²) in [5.41, 5.74) is -0.460. The number of halogens is 2. The molecule has 0 bridgehead atoms. The average Bonchev–Trinajstić information content (AvgIpc) is 2.57. The summed E-state index contributed by atoms with van der Waals surface area (Å²) in [7, 11) is 2.03. The van der Waals surface area contributed by atoms with Crippen LogP contribution in [0.5, 0.6) is 0 Å². The first-order valence-corrected chi connectivity index (χ1v) is 6.65. The first-order valence-electron chi connectivity index (χ1n) is 6.65. The molecule has 0 spiro atoms. The minimum Gasteiger partial charge on any atom is -0.478 e. The van der Waals surface area contributed by atoms with E-state index >= 15 is 0 Å². The number of likely N-dealkylation sites (tertiary alicyclic amines) is 1. The molecule has 4 nitrogen and oxygen atoms in total. The second-order valence-electron chi connectivity index (χ2n) is 5.19. The molecule has 110 valence electrons. The van der Waals surface area contributed by atoms with E-state index in [1.165, 1.54) is 0 Å². The smallest absolute Gasteiger partial charge is 0.338 e. The zero-order valence-electron chi connectivity index (χ0n) is 11.3. The van der Waals surface area contributed by atoms with Crippen LogP contribution in [0.15, 0.2) is 12.1 Å². The van der Waals surface area contributed by atoms with Gasteiger partial charge in [-0.15, -0.1) is 0 Å². The number of nitrogens with zero attached hydrogens (tertiary/aromatic N) is 1. The van der Waals surface area contributed by atoms with Crippen molar-refractivity contribution in [1.29, 1.82) is 0 Å². The molecule has 1 aliphatic heterocycles. The van der Waals surface area contributed by atoms with E-state index in [1.807, 2.05) is 7.05 Å². The highest BCUT2D eigenvalue weighted by Crippen LogP contribution is 2.23. The quantitative estimate of drug-likeness (QED) is 0.895. The summed E-state index contributed by atoms with van der Waals surface area (Å²) in [6, 6.07) is 1.72. The Hall–Kier alpha value is -1.69. The molecular formula is C14H18F2N2O2. The number of benzene rings is 1. The van der Waals surface area contributed by atoms with Gasteiger partial charge in [-0.1, -0.05) is 0 Å². The largest absolute Gasteiger partial charge is 0.478 e. The molecule has 1 heterocycles. The fourth-order valence-corrected chi connectivity index (χ4v) is 2.43. The number of rotatable bonds is 3. The first-order chi connectivity index (χ1) is 9.47. The molecule has 1 unspecified atom stereocenters. The van der Waals surface area contributed by atoms with Crippen LogP contribution in [0.3, 0.4) is 0 Å². The van der Waals surface area contributed by atoms with Gasteiger partial charge in [0.15, 0.2) is 0 Å². The van der Waals surface area contributed by atoms with Crippen LogP contribution < -0.4 is 5.32 Å². The number of carboxylic acid groups (broad SMARTS) is 1. The maximum Gasteiger partial charge on any atom is 0.338 e. The summed E-state index contributed by atoms with van der Waals surface area (Å²) >= 11 is 0. The van der Waals surface area contributed by atoms with Gasteiger partial charge in [-0.2, -0.15) is 0 Å². The molecule has 0 amide bonds. The Kier molecular flexibility index (Phi) is 4.54. The molecule has 1 atom stereocenters. The van der Waals surface area contributed by atoms with E-state index in [2.05, 4.69) is 10.2 Å². The fraction of sp³-hybridized carbons (Fsp3) is 0.500. The lowest BCUT2D eigenvalue weighted by Crippen LogP contribution is -2.23. The molecule has 1 fully saturated rings. The summed E-state index contributed by atoms with van der Waals surface area (Å²) in [6.45, 7) is 1.89. The summed E-state index contributed by atoms with van der Waals surface area (Å²) in [5, 5.41) is 11.9. The number of anilines is 1. The molecule has 2 N–H and O–H groups in total. The monoisotopic (exact) mass is 284 g/mol. The summed E-state index contributed by atoms with van der Waals surface area (Å²) in [5.74, 6) is -3.21. The van der Waals surface area contributed by atoms with Crippen LogP contribution >= 0.6 is 0 Å². The third kappa shape index (κ3) is 3.45. The number of carboxylic acids is 1. The SMILES string of the molecule is CN1CCCC(Nc2cc(C(=O)O)c(F)cc2F)CC1. The van der Waals surface area contributed by atoms with Gasteiger partial charge >= 0.3 is 5.97 Å². The molecule has 0 aliphatic carbocycles. The van der Waals surface area contributed by atoms with Crippen LogP contribution in [-0.4, -0.2) is 42.2 Å². The Bertz CT molecular complexity index is 508. The number of nitrogens with one attached hydrogen (secondary N) is 1. The molecule has 6 heteroatoms. The standard InChI is InChI=1S/C14H18F2N2O2/c1-18-5-2-3-9(4-6-18)17-13-7-10(14(19)20)11(15)8-12(13)16/h7-9,17H,2-6H2,1H3,(H,19,20). The van der Waals surface area contributed by atoms with Gasteiger partial charge in [0.25, 0.3) is 0 Å². The van der Waals surface area contributed by atoms with Crippen LogP contribution in [0.2, 0.25) is 0 Å². The highest BCUT2D eigenvalue weighted by Gasteiger charge is 2.19. The van der Waals surface area contributed by atoms with Crippen LogP contribution in [0.4, 0.5) is 14.5 Å². The van der Waals surface area contributed by atoms with Crippen LogP contribution in [0.1, 0.15) is 29.6 Å². The first kappa shape index (κ1) is 14.7. The minimum atomic E-state index is -1.40. The van der Waals surface area contributed by atoms with Gasteiger partial charge < -0.3 is 15.3 Å². The lowest BCUT2D eigenvalue weighted by atomic mass is 10.1. The van der Waals surface area contributed by atoms with E-state index < -0.39 is 23.2 Å². The van der Waals surface area contributed by atoms with Gasteiger partial charge in [0.05, 0.1) is 11.3 Å². The zero-order chi connectivity index (χ0) is 14.7. The third-order valence-electron chi connectivity index (χ3n) is 3.60. The van der Waals surface area contributed by atoms with Crippen molar-refractivity contribution < 1.29 is 18.7 Å². The molecule has 1 aromatic rings. The third-order valence-corrected chi connectivity index (χ3v) is 3.60. The molecule has 0 aromatic heterocycles. The predicted octanol–water partition coefficient (Wildman–Crippen LogP) is 2.56. The Balaban J connectivity index is 2.16. The van der Waals surface area contributed by atoms with Gasteiger partial charge in [0.1, 0.15) is 11.6 Å². The van der Waals surface area contributed by atoms with Gasteiger partial charge in [0.2, 0.25) is 0 Å². The predicted molar refractivity (Wildman–Crippen MR) is 72.1 cm³/mol. The number of hydrogen-bond acceptors (Lipinski definition) is 3. The Labute approximate surface area is 116 Å². The zero-order valence-corrected chi connectivity index (χ0v) is 11.3. The number of carbonyl (C=O) groups is 1. The molecule has 1 saturated heterocycles. The molecule has 20 heavy (non-hydrogen) atoms. The highest BCUT2D eigenvalue weighted by atomic mass is 19.1. The summed E-state index contributed by atoms with van der Waals surface area (Å²) in [4.78, 5) is 13.1. The van der Waals surface area contributed by atoms with Crippen molar-refractivity contribution >= 4 is 11.7 Å². The van der Waals surface area contributed by atoms with E-state index in [-0.39, 0.29) is 11.7 Å².